The number of rotatable bonds is 5. The SMILES string of the molecule is CC(C)CNS(=O)(=O)Nc1cnccc1Cl. The van der Waals surface area contributed by atoms with E-state index < -0.39 is 10.2 Å². The van der Waals surface area contributed by atoms with Crippen LogP contribution in [0.15, 0.2) is 18.5 Å². The summed E-state index contributed by atoms with van der Waals surface area (Å²) < 4.78 is 27.8. The molecule has 0 radical (unpaired) electrons. The van der Waals surface area contributed by atoms with E-state index in [9.17, 15) is 8.42 Å². The quantitative estimate of drug-likeness (QED) is 0.848. The molecule has 1 aromatic rings. The molecular weight excluding hydrogens is 250 g/mol. The molecule has 2 N–H and O–H groups in total. The summed E-state index contributed by atoms with van der Waals surface area (Å²) >= 11 is 5.80. The first kappa shape index (κ1) is 13.2. The van der Waals surface area contributed by atoms with Crippen LogP contribution in [-0.4, -0.2) is 19.9 Å². The van der Waals surface area contributed by atoms with E-state index in [1.807, 2.05) is 13.8 Å². The minimum atomic E-state index is -3.58. The van der Waals surface area contributed by atoms with Crippen LogP contribution in [-0.2, 0) is 10.2 Å². The third kappa shape index (κ3) is 4.34. The van der Waals surface area contributed by atoms with E-state index in [1.54, 1.807) is 0 Å². The van der Waals surface area contributed by atoms with E-state index in [0.717, 1.165) is 0 Å². The van der Waals surface area contributed by atoms with Gasteiger partial charge in [-0.05, 0) is 12.0 Å². The maximum Gasteiger partial charge on any atom is 0.299 e. The van der Waals surface area contributed by atoms with Crippen molar-refractivity contribution in [3.63, 3.8) is 0 Å². The summed E-state index contributed by atoms with van der Waals surface area (Å²) in [4.78, 5) is 3.79. The molecule has 0 aliphatic carbocycles. The van der Waals surface area contributed by atoms with Crippen LogP contribution in [0.4, 0.5) is 5.69 Å². The van der Waals surface area contributed by atoms with Crippen LogP contribution >= 0.6 is 11.6 Å². The van der Waals surface area contributed by atoms with E-state index in [0.29, 0.717) is 11.6 Å². The lowest BCUT2D eigenvalue weighted by Gasteiger charge is -2.11. The van der Waals surface area contributed by atoms with Crippen LogP contribution in [0, 0.1) is 5.92 Å². The van der Waals surface area contributed by atoms with Crippen LogP contribution in [0.3, 0.4) is 0 Å². The lowest BCUT2D eigenvalue weighted by molar-refractivity contribution is 0.565. The number of pyridine rings is 1. The molecule has 0 saturated heterocycles. The Balaban J connectivity index is 2.70. The second-order valence-electron chi connectivity index (χ2n) is 3.70. The predicted octanol–water partition coefficient (Wildman–Crippen LogP) is 1.64. The maximum atomic E-state index is 11.5. The van der Waals surface area contributed by atoms with Crippen molar-refractivity contribution >= 4 is 27.5 Å². The van der Waals surface area contributed by atoms with Crippen LogP contribution in [0.1, 0.15) is 13.8 Å². The van der Waals surface area contributed by atoms with Crippen molar-refractivity contribution in [1.29, 1.82) is 0 Å². The van der Waals surface area contributed by atoms with Crippen molar-refractivity contribution in [1.82, 2.24) is 9.71 Å². The van der Waals surface area contributed by atoms with E-state index in [-0.39, 0.29) is 11.6 Å². The molecule has 0 fully saturated rings. The average molecular weight is 264 g/mol. The summed E-state index contributed by atoms with van der Waals surface area (Å²) in [6.07, 6.45) is 2.85. The highest BCUT2D eigenvalue weighted by Gasteiger charge is 2.11. The zero-order chi connectivity index (χ0) is 12.2. The van der Waals surface area contributed by atoms with Gasteiger partial charge in [0.1, 0.15) is 0 Å². The summed E-state index contributed by atoms with van der Waals surface area (Å²) in [5, 5.41) is 0.310. The van der Waals surface area contributed by atoms with Crippen LogP contribution in [0.5, 0.6) is 0 Å². The average Bonchev–Trinajstić information content (AvgIpc) is 2.19. The van der Waals surface area contributed by atoms with Crippen molar-refractivity contribution in [3.05, 3.63) is 23.5 Å². The van der Waals surface area contributed by atoms with Gasteiger partial charge in [0, 0.05) is 12.7 Å². The molecule has 0 spiro atoms. The number of nitrogens with one attached hydrogen (secondary N) is 2. The van der Waals surface area contributed by atoms with Gasteiger partial charge in [-0.25, -0.2) is 0 Å². The normalized spacial score (nSPS) is 11.8. The molecule has 0 saturated carbocycles. The van der Waals surface area contributed by atoms with Crippen molar-refractivity contribution in [2.24, 2.45) is 5.92 Å². The largest absolute Gasteiger partial charge is 0.299 e. The lowest BCUT2D eigenvalue weighted by atomic mass is 10.2. The highest BCUT2D eigenvalue weighted by Crippen LogP contribution is 2.19. The van der Waals surface area contributed by atoms with Gasteiger partial charge in [-0.15, -0.1) is 0 Å². The van der Waals surface area contributed by atoms with Gasteiger partial charge in [0.05, 0.1) is 16.9 Å². The lowest BCUT2D eigenvalue weighted by Crippen LogP contribution is -2.32. The molecule has 0 unspecified atom stereocenters. The number of aromatic nitrogens is 1. The summed E-state index contributed by atoms with van der Waals surface area (Å²) in [7, 11) is -3.58. The minimum Gasteiger partial charge on any atom is -0.268 e. The molecule has 1 rings (SSSR count). The molecule has 1 heterocycles. The highest BCUT2D eigenvalue weighted by molar-refractivity contribution is 7.90. The molecule has 0 bridgehead atoms. The molecule has 0 aliphatic rings. The number of hydrogen-bond acceptors (Lipinski definition) is 3. The van der Waals surface area contributed by atoms with E-state index in [1.165, 1.54) is 18.5 Å². The first-order valence-corrected chi connectivity index (χ1v) is 6.64. The number of nitrogens with zero attached hydrogens (tertiary/aromatic N) is 1. The Kier molecular flexibility index (Phi) is 4.52. The smallest absolute Gasteiger partial charge is 0.268 e. The second-order valence-corrected chi connectivity index (χ2v) is 5.61. The predicted molar refractivity (Wildman–Crippen MR) is 64.6 cm³/mol. The molecule has 7 heteroatoms. The van der Waals surface area contributed by atoms with Crippen molar-refractivity contribution in [3.8, 4) is 0 Å². The molecule has 16 heavy (non-hydrogen) atoms. The highest BCUT2D eigenvalue weighted by atomic mass is 35.5. The van der Waals surface area contributed by atoms with Gasteiger partial charge in [-0.1, -0.05) is 25.4 Å². The molecule has 0 aromatic carbocycles. The molecular formula is C9H14ClN3O2S. The van der Waals surface area contributed by atoms with E-state index in [2.05, 4.69) is 14.4 Å². The Morgan fingerprint density at radius 3 is 2.75 bits per heavy atom. The number of anilines is 1. The van der Waals surface area contributed by atoms with Crippen LogP contribution < -0.4 is 9.44 Å². The van der Waals surface area contributed by atoms with Crippen molar-refractivity contribution in [2.75, 3.05) is 11.3 Å². The molecule has 0 amide bonds. The van der Waals surface area contributed by atoms with Gasteiger partial charge in [0.15, 0.2) is 0 Å². The van der Waals surface area contributed by atoms with Gasteiger partial charge in [0.25, 0.3) is 10.2 Å². The first-order chi connectivity index (χ1) is 7.41. The molecule has 1 aromatic heterocycles. The Morgan fingerprint density at radius 1 is 1.50 bits per heavy atom. The Bertz CT molecular complexity index is 448. The van der Waals surface area contributed by atoms with E-state index >= 15 is 0 Å². The molecule has 0 aliphatic heterocycles. The third-order valence-corrected chi connectivity index (χ3v) is 3.06. The van der Waals surface area contributed by atoms with Gasteiger partial charge in [-0.2, -0.15) is 13.1 Å². The van der Waals surface area contributed by atoms with Crippen molar-refractivity contribution in [2.45, 2.75) is 13.8 Å². The summed E-state index contributed by atoms with van der Waals surface area (Å²) in [5.41, 5.74) is 0.264. The number of hydrogen-bond donors (Lipinski definition) is 2. The zero-order valence-electron chi connectivity index (χ0n) is 9.07. The fraction of sp³-hybridized carbons (Fsp3) is 0.444. The Labute approximate surface area is 100 Å². The Hall–Kier alpha value is -0.850. The minimum absolute atomic E-state index is 0.237. The molecule has 0 atom stereocenters. The Morgan fingerprint density at radius 2 is 2.19 bits per heavy atom. The topological polar surface area (TPSA) is 71.1 Å². The molecule has 5 nitrogen and oxygen atoms in total. The first-order valence-electron chi connectivity index (χ1n) is 4.77. The second kappa shape index (κ2) is 5.47. The van der Waals surface area contributed by atoms with Gasteiger partial charge < -0.3 is 0 Å². The van der Waals surface area contributed by atoms with Gasteiger partial charge >= 0.3 is 0 Å². The third-order valence-electron chi connectivity index (χ3n) is 1.69. The van der Waals surface area contributed by atoms with Crippen LogP contribution in [0.2, 0.25) is 5.02 Å². The molecule has 90 valence electrons. The summed E-state index contributed by atoms with van der Waals surface area (Å²) in [6, 6.07) is 1.52. The van der Waals surface area contributed by atoms with Crippen molar-refractivity contribution < 1.29 is 8.42 Å². The fourth-order valence-electron chi connectivity index (χ4n) is 0.910. The van der Waals surface area contributed by atoms with Gasteiger partial charge in [-0.3, -0.25) is 9.71 Å². The monoisotopic (exact) mass is 263 g/mol. The maximum absolute atomic E-state index is 11.5. The zero-order valence-corrected chi connectivity index (χ0v) is 10.6. The number of halogens is 1. The summed E-state index contributed by atoms with van der Waals surface area (Å²) in [6.45, 7) is 4.20. The standard InChI is InChI=1S/C9H14ClN3O2S/c1-7(2)5-12-16(14,15)13-9-6-11-4-3-8(9)10/h3-4,6-7,12-13H,5H2,1-2H3. The van der Waals surface area contributed by atoms with Crippen LogP contribution in [0.25, 0.3) is 0 Å². The summed E-state index contributed by atoms with van der Waals surface area (Å²) in [5.74, 6) is 0.237. The van der Waals surface area contributed by atoms with Gasteiger partial charge in [0.2, 0.25) is 0 Å². The van der Waals surface area contributed by atoms with E-state index in [4.69, 9.17) is 11.6 Å². The fourth-order valence-corrected chi connectivity index (χ4v) is 2.20.